The van der Waals surface area contributed by atoms with Gasteiger partial charge in [-0.2, -0.15) is 0 Å². The Balaban J connectivity index is 1.78. The second kappa shape index (κ2) is 5.37. The second-order valence-corrected chi connectivity index (χ2v) is 6.50. The molecule has 0 aliphatic rings. The lowest BCUT2D eigenvalue weighted by Gasteiger charge is -2.12. The summed E-state index contributed by atoms with van der Waals surface area (Å²) >= 11 is 1.72. The Hall–Kier alpha value is -2.08. The van der Waals surface area contributed by atoms with Crippen LogP contribution in [0.25, 0.3) is 4.96 Å². The molecule has 0 aliphatic heterocycles. The van der Waals surface area contributed by atoms with Gasteiger partial charge in [-0.25, -0.2) is 9.97 Å². The summed E-state index contributed by atoms with van der Waals surface area (Å²) in [7, 11) is 3.97. The Morgan fingerprint density at radius 2 is 2.10 bits per heavy atom. The molecule has 0 aliphatic carbocycles. The molecule has 0 radical (unpaired) electrons. The zero-order valence-corrected chi connectivity index (χ0v) is 13.5. The smallest absolute Gasteiger partial charge is 0.194 e. The monoisotopic (exact) mass is 301 g/mol. The zero-order valence-electron chi connectivity index (χ0n) is 12.7. The van der Waals surface area contributed by atoms with Crippen molar-refractivity contribution < 1.29 is 0 Å². The summed E-state index contributed by atoms with van der Waals surface area (Å²) in [5.74, 6) is 0.955. The second-order valence-electron chi connectivity index (χ2n) is 5.29. The van der Waals surface area contributed by atoms with Gasteiger partial charge >= 0.3 is 0 Å². The first-order valence-electron chi connectivity index (χ1n) is 6.86. The van der Waals surface area contributed by atoms with Crippen LogP contribution in [0.3, 0.4) is 0 Å². The molecular weight excluding hydrogens is 282 g/mol. The highest BCUT2D eigenvalue weighted by atomic mass is 32.1. The first-order chi connectivity index (χ1) is 10.0. The SMILES string of the molecule is Cc1cn2c(CNc3ccc(N(C)C)nc3)c(C)nc2s1. The third-order valence-corrected chi connectivity index (χ3v) is 4.31. The van der Waals surface area contributed by atoms with Gasteiger partial charge in [0.15, 0.2) is 4.96 Å². The summed E-state index contributed by atoms with van der Waals surface area (Å²) in [6.45, 7) is 4.90. The van der Waals surface area contributed by atoms with E-state index in [0.29, 0.717) is 0 Å². The topological polar surface area (TPSA) is 45.5 Å². The van der Waals surface area contributed by atoms with Crippen LogP contribution in [0.4, 0.5) is 11.5 Å². The lowest BCUT2D eigenvalue weighted by atomic mass is 10.3. The maximum atomic E-state index is 4.60. The Labute approximate surface area is 128 Å². The Morgan fingerprint density at radius 1 is 1.29 bits per heavy atom. The zero-order chi connectivity index (χ0) is 15.0. The van der Waals surface area contributed by atoms with Crippen molar-refractivity contribution in [2.75, 3.05) is 24.3 Å². The number of rotatable bonds is 4. The van der Waals surface area contributed by atoms with Crippen LogP contribution >= 0.6 is 11.3 Å². The molecular formula is C15H19N5S. The quantitative estimate of drug-likeness (QED) is 0.804. The van der Waals surface area contributed by atoms with Gasteiger partial charge in [-0.1, -0.05) is 0 Å². The molecule has 0 bridgehead atoms. The minimum atomic E-state index is 0.742. The molecule has 0 spiro atoms. The standard InChI is InChI=1S/C15H19N5S/c1-10-9-20-13(11(2)18-15(20)21-10)8-16-12-5-6-14(17-7-12)19(3)4/h5-7,9,16H,8H2,1-4H3. The predicted octanol–water partition coefficient (Wildman–Crippen LogP) is 3.09. The van der Waals surface area contributed by atoms with Crippen LogP contribution in [-0.4, -0.2) is 28.5 Å². The third-order valence-electron chi connectivity index (χ3n) is 3.41. The number of hydrogen-bond acceptors (Lipinski definition) is 5. The lowest BCUT2D eigenvalue weighted by molar-refractivity contribution is 0.987. The number of hydrogen-bond donors (Lipinski definition) is 1. The molecule has 0 saturated heterocycles. The first kappa shape index (κ1) is 13.9. The summed E-state index contributed by atoms with van der Waals surface area (Å²) in [5.41, 5.74) is 3.29. The van der Waals surface area contributed by atoms with E-state index in [-0.39, 0.29) is 0 Å². The molecule has 3 aromatic heterocycles. The van der Waals surface area contributed by atoms with E-state index in [1.807, 2.05) is 31.3 Å². The van der Waals surface area contributed by atoms with E-state index >= 15 is 0 Å². The lowest BCUT2D eigenvalue weighted by Crippen LogP contribution is -2.10. The number of thiazole rings is 1. The van der Waals surface area contributed by atoms with E-state index in [2.05, 4.69) is 45.8 Å². The number of aromatic nitrogens is 3. The molecule has 5 nitrogen and oxygen atoms in total. The van der Waals surface area contributed by atoms with Crippen LogP contribution in [0.1, 0.15) is 16.3 Å². The fourth-order valence-electron chi connectivity index (χ4n) is 2.26. The van der Waals surface area contributed by atoms with Gasteiger partial charge < -0.3 is 10.2 Å². The van der Waals surface area contributed by atoms with E-state index in [1.165, 1.54) is 10.6 Å². The maximum Gasteiger partial charge on any atom is 0.194 e. The summed E-state index contributed by atoms with van der Waals surface area (Å²) in [6.07, 6.45) is 4.01. The van der Waals surface area contributed by atoms with Crippen molar-refractivity contribution >= 4 is 27.8 Å². The van der Waals surface area contributed by atoms with Crippen LogP contribution in [0.15, 0.2) is 24.5 Å². The van der Waals surface area contributed by atoms with Crippen molar-refractivity contribution in [2.24, 2.45) is 0 Å². The highest BCUT2D eigenvalue weighted by Crippen LogP contribution is 2.21. The van der Waals surface area contributed by atoms with Crippen molar-refractivity contribution in [3.63, 3.8) is 0 Å². The van der Waals surface area contributed by atoms with Gasteiger partial charge in [0.05, 0.1) is 29.8 Å². The van der Waals surface area contributed by atoms with Crippen molar-refractivity contribution in [1.29, 1.82) is 0 Å². The largest absolute Gasteiger partial charge is 0.378 e. The molecule has 3 heterocycles. The van der Waals surface area contributed by atoms with Crippen LogP contribution in [0.2, 0.25) is 0 Å². The van der Waals surface area contributed by atoms with Crippen molar-refractivity contribution in [2.45, 2.75) is 20.4 Å². The van der Waals surface area contributed by atoms with Crippen LogP contribution in [0, 0.1) is 13.8 Å². The molecule has 0 unspecified atom stereocenters. The minimum Gasteiger partial charge on any atom is -0.378 e. The van der Waals surface area contributed by atoms with Gasteiger partial charge in [0.1, 0.15) is 5.82 Å². The molecule has 6 heteroatoms. The Kier molecular flexibility index (Phi) is 3.55. The van der Waals surface area contributed by atoms with E-state index < -0.39 is 0 Å². The molecule has 0 fully saturated rings. The van der Waals surface area contributed by atoms with Crippen LogP contribution in [-0.2, 0) is 6.54 Å². The molecule has 3 rings (SSSR count). The van der Waals surface area contributed by atoms with Crippen LogP contribution in [0.5, 0.6) is 0 Å². The van der Waals surface area contributed by atoms with Gasteiger partial charge in [0.25, 0.3) is 0 Å². The summed E-state index contributed by atoms with van der Waals surface area (Å²) in [4.78, 5) is 13.3. The fourth-order valence-corrected chi connectivity index (χ4v) is 3.15. The number of nitrogens with zero attached hydrogens (tertiary/aromatic N) is 4. The molecule has 0 amide bonds. The average molecular weight is 301 g/mol. The van der Waals surface area contributed by atoms with Crippen LogP contribution < -0.4 is 10.2 Å². The molecule has 0 saturated carbocycles. The fraction of sp³-hybridized carbons (Fsp3) is 0.333. The van der Waals surface area contributed by atoms with Gasteiger partial charge in [0, 0.05) is 25.2 Å². The van der Waals surface area contributed by atoms with Gasteiger partial charge in [0.2, 0.25) is 0 Å². The number of aryl methyl sites for hydroxylation is 2. The summed E-state index contributed by atoms with van der Waals surface area (Å²) in [5, 5.41) is 3.42. The van der Waals surface area contributed by atoms with E-state index in [9.17, 15) is 0 Å². The van der Waals surface area contributed by atoms with E-state index in [1.54, 1.807) is 11.3 Å². The molecule has 0 aromatic carbocycles. The molecule has 0 atom stereocenters. The normalized spacial score (nSPS) is 11.0. The summed E-state index contributed by atoms with van der Waals surface area (Å²) < 4.78 is 2.17. The predicted molar refractivity (Wildman–Crippen MR) is 88.4 cm³/mol. The average Bonchev–Trinajstić information content (AvgIpc) is 2.92. The van der Waals surface area contributed by atoms with Gasteiger partial charge in [-0.05, 0) is 26.0 Å². The first-order valence-corrected chi connectivity index (χ1v) is 7.67. The number of fused-ring (bicyclic) bond motifs is 1. The van der Waals surface area contributed by atoms with Crippen molar-refractivity contribution in [1.82, 2.24) is 14.4 Å². The van der Waals surface area contributed by atoms with E-state index in [0.717, 1.165) is 28.7 Å². The number of anilines is 2. The number of nitrogens with one attached hydrogen (secondary N) is 1. The molecule has 110 valence electrons. The molecule has 21 heavy (non-hydrogen) atoms. The highest BCUT2D eigenvalue weighted by Gasteiger charge is 2.10. The Bertz CT molecular complexity index is 754. The molecule has 3 aromatic rings. The third kappa shape index (κ3) is 2.71. The van der Waals surface area contributed by atoms with E-state index in [4.69, 9.17) is 0 Å². The Morgan fingerprint density at radius 3 is 2.76 bits per heavy atom. The summed E-state index contributed by atoms with van der Waals surface area (Å²) in [6, 6.07) is 4.06. The minimum absolute atomic E-state index is 0.742. The number of imidazole rings is 1. The van der Waals surface area contributed by atoms with Crippen molar-refractivity contribution in [3.05, 3.63) is 40.8 Å². The highest BCUT2D eigenvalue weighted by molar-refractivity contribution is 7.17. The van der Waals surface area contributed by atoms with Crippen molar-refractivity contribution in [3.8, 4) is 0 Å². The molecule has 1 N–H and O–H groups in total. The van der Waals surface area contributed by atoms with Gasteiger partial charge in [-0.15, -0.1) is 11.3 Å². The number of pyridine rings is 1. The van der Waals surface area contributed by atoms with Gasteiger partial charge in [-0.3, -0.25) is 4.40 Å². The maximum absolute atomic E-state index is 4.60.